The molecule has 0 spiro atoms. The first-order valence-electron chi connectivity index (χ1n) is 13.8. The van der Waals surface area contributed by atoms with Crippen molar-refractivity contribution in [1.29, 1.82) is 0 Å². The van der Waals surface area contributed by atoms with Gasteiger partial charge in [0.25, 0.3) is 0 Å². The fourth-order valence-electron chi connectivity index (χ4n) is 7.92. The second-order valence-corrected chi connectivity index (χ2v) is 19.0. The van der Waals surface area contributed by atoms with E-state index in [1.807, 2.05) is 19.9 Å². The van der Waals surface area contributed by atoms with Gasteiger partial charge < -0.3 is 13.9 Å². The van der Waals surface area contributed by atoms with E-state index in [9.17, 15) is 9.59 Å². The number of ketones is 2. The minimum absolute atomic E-state index is 0.0323. The second-order valence-electron chi connectivity index (χ2n) is 13.6. The Morgan fingerprint density at radius 3 is 2.03 bits per heavy atom. The zero-order valence-electron chi connectivity index (χ0n) is 24.6. The molecule has 36 heavy (non-hydrogen) atoms. The summed E-state index contributed by atoms with van der Waals surface area (Å²) in [7, 11) is -0.714. The molecular formula is C30H50O5Si. The molecule has 4 atom stereocenters. The summed E-state index contributed by atoms with van der Waals surface area (Å²) < 4.78 is 19.0. The average Bonchev–Trinajstić information content (AvgIpc) is 3.36. The molecule has 0 aromatic carbocycles. The Morgan fingerprint density at radius 2 is 1.61 bits per heavy atom. The van der Waals surface area contributed by atoms with Crippen molar-refractivity contribution in [3.05, 3.63) is 24.5 Å². The number of fused-ring (bicyclic) bond motifs is 2. The number of epoxide rings is 1. The van der Waals surface area contributed by atoms with Gasteiger partial charge in [-0.3, -0.25) is 9.59 Å². The summed E-state index contributed by atoms with van der Waals surface area (Å²) in [5.41, 5.74) is -1.83. The number of rotatable bonds is 11. The highest BCUT2D eigenvalue weighted by Crippen LogP contribution is 2.66. The minimum atomic E-state index is -2.30. The van der Waals surface area contributed by atoms with Gasteiger partial charge in [0, 0.05) is 6.08 Å². The average molecular weight is 519 g/mol. The van der Waals surface area contributed by atoms with Crippen molar-refractivity contribution in [3.63, 3.8) is 0 Å². The first kappa shape index (κ1) is 29.3. The summed E-state index contributed by atoms with van der Waals surface area (Å²) in [4.78, 5) is 28.7. The number of methoxy groups -OCH3 is 1. The van der Waals surface area contributed by atoms with E-state index in [0.29, 0.717) is 35.2 Å². The molecule has 2 bridgehead atoms. The third-order valence-electron chi connectivity index (χ3n) is 10.3. The number of allylic oxidation sites excluding steroid dienone is 2. The maximum absolute atomic E-state index is 14.9. The highest BCUT2D eigenvalue weighted by atomic mass is 28.4. The Kier molecular flexibility index (Phi) is 7.73. The lowest BCUT2D eigenvalue weighted by Crippen LogP contribution is -2.68. The lowest BCUT2D eigenvalue weighted by Gasteiger charge is -2.61. The van der Waals surface area contributed by atoms with Gasteiger partial charge in [0.15, 0.2) is 19.9 Å². The minimum Gasteiger partial charge on any atom is -0.500 e. The van der Waals surface area contributed by atoms with E-state index in [1.165, 1.54) is 0 Å². The predicted octanol–water partition coefficient (Wildman–Crippen LogP) is 7.02. The smallest absolute Gasteiger partial charge is 0.200 e. The molecule has 1 heterocycles. The van der Waals surface area contributed by atoms with Gasteiger partial charge in [-0.1, -0.05) is 61.5 Å². The van der Waals surface area contributed by atoms with E-state index < -0.39 is 24.6 Å². The van der Waals surface area contributed by atoms with E-state index in [4.69, 9.17) is 13.9 Å². The number of ether oxygens (including phenoxy) is 2. The van der Waals surface area contributed by atoms with Crippen molar-refractivity contribution in [1.82, 2.24) is 0 Å². The Labute approximate surface area is 220 Å². The lowest BCUT2D eigenvalue weighted by molar-refractivity contribution is -0.175. The molecule has 2 fully saturated rings. The van der Waals surface area contributed by atoms with Crippen LogP contribution in [0.15, 0.2) is 24.5 Å². The standard InChI is InChI=1S/C30H50O5Si/c1-13-14-22-16-29(17-25-28(10,11)35-25)23(31)15-24(33-12)30(26(29)32,27(22,8)9)18-34-36(19(2)3,20(4)5)21(6)7/h13,15,19-22,25H,1,14,16-18H2,2-12H3/t22-,25?,29-,30-/m0/s1. The molecule has 0 radical (unpaired) electrons. The summed E-state index contributed by atoms with van der Waals surface area (Å²) in [6, 6.07) is 0. The molecule has 1 aliphatic heterocycles. The Hall–Kier alpha value is -1.24. The topological polar surface area (TPSA) is 65.1 Å². The molecule has 3 aliphatic rings. The number of hydrogen-bond acceptors (Lipinski definition) is 5. The van der Waals surface area contributed by atoms with Crippen molar-refractivity contribution in [2.75, 3.05) is 13.7 Å². The normalized spacial score (nSPS) is 33.2. The number of Topliss-reactive ketones (excluding diaryl/α,β-unsaturated/α-hetero) is 1. The third kappa shape index (κ3) is 4.01. The van der Waals surface area contributed by atoms with Crippen molar-refractivity contribution in [2.45, 2.75) is 117 Å². The molecular weight excluding hydrogens is 468 g/mol. The third-order valence-corrected chi connectivity index (χ3v) is 16.4. The van der Waals surface area contributed by atoms with Gasteiger partial charge in [0.2, 0.25) is 0 Å². The van der Waals surface area contributed by atoms with Crippen LogP contribution in [0.1, 0.15) is 88.5 Å². The van der Waals surface area contributed by atoms with E-state index in [2.05, 4.69) is 62.0 Å². The fraction of sp³-hybridized carbons (Fsp3) is 0.800. The van der Waals surface area contributed by atoms with Crippen molar-refractivity contribution >= 4 is 19.9 Å². The summed E-state index contributed by atoms with van der Waals surface area (Å²) in [5.74, 6) is 0.363. The number of hydrogen-bond donors (Lipinski definition) is 0. The van der Waals surface area contributed by atoms with E-state index in [1.54, 1.807) is 13.2 Å². The Morgan fingerprint density at radius 1 is 1.08 bits per heavy atom. The Balaban J connectivity index is 2.22. The van der Waals surface area contributed by atoms with E-state index >= 15 is 0 Å². The van der Waals surface area contributed by atoms with Gasteiger partial charge in [-0.15, -0.1) is 6.58 Å². The molecule has 1 unspecified atom stereocenters. The fourth-order valence-corrected chi connectivity index (χ4v) is 13.4. The number of carbonyl (C=O) groups is 2. The molecule has 5 nitrogen and oxygen atoms in total. The molecule has 3 rings (SSSR count). The molecule has 1 saturated heterocycles. The van der Waals surface area contributed by atoms with Crippen LogP contribution in [0.4, 0.5) is 0 Å². The molecule has 0 aromatic rings. The molecule has 0 aromatic heterocycles. The van der Waals surface area contributed by atoms with Crippen LogP contribution in [0.25, 0.3) is 0 Å². The van der Waals surface area contributed by atoms with Crippen LogP contribution in [0, 0.1) is 22.2 Å². The zero-order valence-corrected chi connectivity index (χ0v) is 25.6. The first-order chi connectivity index (χ1) is 16.5. The molecule has 0 amide bonds. The summed E-state index contributed by atoms with van der Waals surface area (Å²) in [5, 5.41) is 0. The predicted molar refractivity (Wildman–Crippen MR) is 147 cm³/mol. The highest BCUT2D eigenvalue weighted by Gasteiger charge is 2.72. The van der Waals surface area contributed by atoms with Gasteiger partial charge in [-0.2, -0.15) is 0 Å². The van der Waals surface area contributed by atoms with Crippen molar-refractivity contribution < 1.29 is 23.5 Å². The lowest BCUT2D eigenvalue weighted by atomic mass is 9.42. The van der Waals surface area contributed by atoms with Gasteiger partial charge in [-0.25, -0.2) is 0 Å². The van der Waals surface area contributed by atoms with Gasteiger partial charge in [0.05, 0.1) is 30.8 Å². The van der Waals surface area contributed by atoms with Crippen LogP contribution < -0.4 is 0 Å². The second kappa shape index (κ2) is 9.50. The number of carbonyl (C=O) groups excluding carboxylic acids is 2. The highest BCUT2D eigenvalue weighted by molar-refractivity contribution is 6.77. The largest absolute Gasteiger partial charge is 0.500 e. The maximum atomic E-state index is 14.9. The van der Waals surface area contributed by atoms with Crippen LogP contribution in [0.2, 0.25) is 16.6 Å². The van der Waals surface area contributed by atoms with Crippen LogP contribution in [0.5, 0.6) is 0 Å². The first-order valence-corrected chi connectivity index (χ1v) is 15.9. The van der Waals surface area contributed by atoms with Gasteiger partial charge >= 0.3 is 0 Å². The SMILES string of the molecule is C=CC[C@H]1C[C@]2(CC3OC3(C)C)C(=O)C=C(OC)[C@@](CO[Si](C(C)C)(C(C)C)C(C)C)(C2=O)C1(C)C. The summed E-state index contributed by atoms with van der Waals surface area (Å²) in [6.07, 6.45) is 5.09. The van der Waals surface area contributed by atoms with Gasteiger partial charge in [0.1, 0.15) is 11.2 Å². The molecule has 6 heteroatoms. The van der Waals surface area contributed by atoms with Crippen LogP contribution in [0.3, 0.4) is 0 Å². The molecule has 0 N–H and O–H groups in total. The van der Waals surface area contributed by atoms with Crippen LogP contribution in [-0.2, 0) is 23.5 Å². The summed E-state index contributed by atoms with van der Waals surface area (Å²) >= 11 is 0. The molecule has 204 valence electrons. The van der Waals surface area contributed by atoms with E-state index in [-0.39, 0.29) is 35.8 Å². The zero-order chi connectivity index (χ0) is 27.5. The van der Waals surface area contributed by atoms with Gasteiger partial charge in [-0.05, 0) is 61.1 Å². The van der Waals surface area contributed by atoms with Crippen LogP contribution >= 0.6 is 0 Å². The monoisotopic (exact) mass is 518 g/mol. The molecule has 1 saturated carbocycles. The van der Waals surface area contributed by atoms with E-state index in [0.717, 1.165) is 6.42 Å². The van der Waals surface area contributed by atoms with Crippen molar-refractivity contribution in [2.24, 2.45) is 22.2 Å². The van der Waals surface area contributed by atoms with Crippen molar-refractivity contribution in [3.8, 4) is 0 Å². The summed E-state index contributed by atoms with van der Waals surface area (Å²) in [6.45, 7) is 26.2. The maximum Gasteiger partial charge on any atom is 0.200 e. The Bertz CT molecular complexity index is 908. The molecule has 2 aliphatic carbocycles. The quantitative estimate of drug-likeness (QED) is 0.127. The van der Waals surface area contributed by atoms with Crippen LogP contribution in [-0.4, -0.2) is 45.3 Å².